The van der Waals surface area contributed by atoms with Gasteiger partial charge in [-0.1, -0.05) is 31.2 Å². The Bertz CT molecular complexity index is 459. The molecule has 0 spiro atoms. The Morgan fingerprint density at radius 3 is 2.71 bits per heavy atom. The Labute approximate surface area is 128 Å². The summed E-state index contributed by atoms with van der Waals surface area (Å²) in [5.41, 5.74) is 2.38. The van der Waals surface area contributed by atoms with Crippen LogP contribution in [0.1, 0.15) is 43.9 Å². The topological polar surface area (TPSA) is 26.7 Å². The Morgan fingerprint density at radius 2 is 2.00 bits per heavy atom. The van der Waals surface area contributed by atoms with Crippen molar-refractivity contribution in [1.82, 2.24) is 9.80 Å². The zero-order chi connectivity index (χ0) is 14.8. The highest BCUT2D eigenvalue weighted by atomic mass is 16.3. The van der Waals surface area contributed by atoms with Crippen LogP contribution in [0.15, 0.2) is 24.3 Å². The first-order valence-electron chi connectivity index (χ1n) is 8.42. The molecule has 1 aromatic carbocycles. The average Bonchev–Trinajstić information content (AvgIpc) is 2.94. The smallest absolute Gasteiger partial charge is 0.0917 e. The van der Waals surface area contributed by atoms with Gasteiger partial charge in [0.25, 0.3) is 0 Å². The monoisotopic (exact) mass is 288 g/mol. The number of piperazine rings is 1. The van der Waals surface area contributed by atoms with Crippen LogP contribution < -0.4 is 0 Å². The van der Waals surface area contributed by atoms with Crippen LogP contribution in [-0.4, -0.2) is 53.2 Å². The lowest BCUT2D eigenvalue weighted by Gasteiger charge is -2.43. The van der Waals surface area contributed by atoms with Gasteiger partial charge in [-0.05, 0) is 43.9 Å². The molecule has 3 heteroatoms. The van der Waals surface area contributed by atoms with E-state index in [4.69, 9.17) is 0 Å². The van der Waals surface area contributed by atoms with Crippen LogP contribution in [-0.2, 0) is 6.42 Å². The summed E-state index contributed by atoms with van der Waals surface area (Å²) in [4.78, 5) is 5.11. The molecule has 3 atom stereocenters. The third-order valence-electron chi connectivity index (χ3n) is 5.25. The summed E-state index contributed by atoms with van der Waals surface area (Å²) in [5, 5.41) is 10.5. The largest absolute Gasteiger partial charge is 0.387 e. The minimum atomic E-state index is -0.369. The van der Waals surface area contributed by atoms with Gasteiger partial charge in [0.2, 0.25) is 0 Å². The maximum atomic E-state index is 10.5. The van der Waals surface area contributed by atoms with Crippen molar-refractivity contribution in [1.29, 1.82) is 0 Å². The van der Waals surface area contributed by atoms with Crippen LogP contribution >= 0.6 is 0 Å². The molecule has 0 radical (unpaired) electrons. The second-order valence-corrected chi connectivity index (χ2v) is 6.70. The zero-order valence-corrected chi connectivity index (χ0v) is 13.3. The highest BCUT2D eigenvalue weighted by molar-refractivity contribution is 5.24. The van der Waals surface area contributed by atoms with E-state index in [0.717, 1.165) is 37.7 Å². The quantitative estimate of drug-likeness (QED) is 0.922. The van der Waals surface area contributed by atoms with E-state index in [1.54, 1.807) is 0 Å². The summed E-state index contributed by atoms with van der Waals surface area (Å²) in [6, 6.07) is 9.70. The van der Waals surface area contributed by atoms with Crippen molar-refractivity contribution in [3.8, 4) is 0 Å². The van der Waals surface area contributed by atoms with Gasteiger partial charge < -0.3 is 5.11 Å². The summed E-state index contributed by atoms with van der Waals surface area (Å²) >= 11 is 0. The number of aliphatic hydroxyl groups excluding tert-OH is 1. The predicted molar refractivity (Wildman–Crippen MR) is 86.4 cm³/mol. The van der Waals surface area contributed by atoms with Gasteiger partial charge in [0.15, 0.2) is 0 Å². The van der Waals surface area contributed by atoms with Crippen LogP contribution in [0.3, 0.4) is 0 Å². The van der Waals surface area contributed by atoms with Crippen molar-refractivity contribution in [2.45, 2.75) is 51.3 Å². The van der Waals surface area contributed by atoms with E-state index >= 15 is 0 Å². The van der Waals surface area contributed by atoms with Crippen molar-refractivity contribution < 1.29 is 5.11 Å². The van der Waals surface area contributed by atoms with E-state index in [1.165, 1.54) is 24.9 Å². The summed E-state index contributed by atoms with van der Waals surface area (Å²) in [6.45, 7) is 8.76. The van der Waals surface area contributed by atoms with Crippen LogP contribution in [0.5, 0.6) is 0 Å². The molecular weight excluding hydrogens is 260 g/mol. The standard InChI is InChI=1S/C18H28N2O/c1-3-15-6-8-16(9-7-15)18(21)13-20-12-17-5-4-10-19(17)11-14(20)2/h6-9,14,17-18,21H,3-5,10-13H2,1-2H3. The molecule has 3 nitrogen and oxygen atoms in total. The molecule has 116 valence electrons. The SMILES string of the molecule is CCc1ccc(C(O)CN2CC3CCCN3CC2C)cc1. The molecule has 2 aliphatic rings. The van der Waals surface area contributed by atoms with Gasteiger partial charge in [0, 0.05) is 31.7 Å². The van der Waals surface area contributed by atoms with E-state index in [0.29, 0.717) is 6.04 Å². The number of hydrogen-bond donors (Lipinski definition) is 1. The van der Waals surface area contributed by atoms with Gasteiger partial charge in [-0.25, -0.2) is 0 Å². The molecule has 3 rings (SSSR count). The second kappa shape index (κ2) is 6.47. The molecule has 0 saturated carbocycles. The lowest BCUT2D eigenvalue weighted by atomic mass is 10.0. The van der Waals surface area contributed by atoms with Gasteiger partial charge in [-0.3, -0.25) is 9.80 Å². The summed E-state index contributed by atoms with van der Waals surface area (Å²) in [6.07, 6.45) is 3.35. The molecule has 2 heterocycles. The molecule has 1 aromatic rings. The molecule has 2 saturated heterocycles. The number of benzene rings is 1. The van der Waals surface area contributed by atoms with Crippen LogP contribution in [0.4, 0.5) is 0 Å². The minimum absolute atomic E-state index is 0.369. The van der Waals surface area contributed by atoms with Gasteiger partial charge in [0.05, 0.1) is 6.10 Å². The average molecular weight is 288 g/mol. The fourth-order valence-corrected chi connectivity index (χ4v) is 3.81. The van der Waals surface area contributed by atoms with E-state index < -0.39 is 0 Å². The van der Waals surface area contributed by atoms with Crippen molar-refractivity contribution in [3.05, 3.63) is 35.4 Å². The molecule has 1 N–H and O–H groups in total. The summed E-state index contributed by atoms with van der Waals surface area (Å²) in [5.74, 6) is 0. The lowest BCUT2D eigenvalue weighted by molar-refractivity contribution is 0.0226. The second-order valence-electron chi connectivity index (χ2n) is 6.70. The van der Waals surface area contributed by atoms with Crippen LogP contribution in [0.2, 0.25) is 0 Å². The molecule has 0 aromatic heterocycles. The molecule has 0 amide bonds. The van der Waals surface area contributed by atoms with Crippen LogP contribution in [0, 0.1) is 0 Å². The molecule has 21 heavy (non-hydrogen) atoms. The van der Waals surface area contributed by atoms with Crippen molar-refractivity contribution in [2.24, 2.45) is 0 Å². The third kappa shape index (κ3) is 3.31. The molecule has 2 fully saturated rings. The maximum Gasteiger partial charge on any atom is 0.0917 e. The third-order valence-corrected chi connectivity index (χ3v) is 5.25. The summed E-state index contributed by atoms with van der Waals surface area (Å²) < 4.78 is 0. The first-order chi connectivity index (χ1) is 10.2. The minimum Gasteiger partial charge on any atom is -0.387 e. The van der Waals surface area contributed by atoms with Crippen LogP contribution in [0.25, 0.3) is 0 Å². The number of fused-ring (bicyclic) bond motifs is 1. The zero-order valence-electron chi connectivity index (χ0n) is 13.3. The number of β-amino-alcohol motifs (C(OH)–C–C–N with tert-alkyl or cyclic N) is 1. The predicted octanol–water partition coefficient (Wildman–Crippen LogP) is 2.45. The number of aryl methyl sites for hydroxylation is 1. The first kappa shape index (κ1) is 15.0. The highest BCUT2D eigenvalue weighted by Crippen LogP contribution is 2.26. The lowest BCUT2D eigenvalue weighted by Crippen LogP contribution is -2.55. The molecule has 3 unspecified atom stereocenters. The van der Waals surface area contributed by atoms with E-state index in [-0.39, 0.29) is 6.10 Å². The summed E-state index contributed by atoms with van der Waals surface area (Å²) in [7, 11) is 0. The van der Waals surface area contributed by atoms with Crippen molar-refractivity contribution in [3.63, 3.8) is 0 Å². The molecular formula is C18H28N2O. The molecule has 0 bridgehead atoms. The van der Waals surface area contributed by atoms with Gasteiger partial charge in [-0.15, -0.1) is 0 Å². The van der Waals surface area contributed by atoms with Gasteiger partial charge >= 0.3 is 0 Å². The molecule has 0 aliphatic carbocycles. The fraction of sp³-hybridized carbons (Fsp3) is 0.667. The Kier molecular flexibility index (Phi) is 4.63. The van der Waals surface area contributed by atoms with Gasteiger partial charge in [0.1, 0.15) is 0 Å². The van der Waals surface area contributed by atoms with E-state index in [1.807, 2.05) is 0 Å². The number of rotatable bonds is 4. The Balaban J connectivity index is 1.61. The normalized spacial score (nSPS) is 28.5. The molecule has 2 aliphatic heterocycles. The van der Waals surface area contributed by atoms with Crippen molar-refractivity contribution in [2.75, 3.05) is 26.2 Å². The Hall–Kier alpha value is -0.900. The number of aliphatic hydroxyl groups is 1. The van der Waals surface area contributed by atoms with E-state index in [9.17, 15) is 5.11 Å². The fourth-order valence-electron chi connectivity index (χ4n) is 3.81. The Morgan fingerprint density at radius 1 is 1.24 bits per heavy atom. The van der Waals surface area contributed by atoms with Gasteiger partial charge in [-0.2, -0.15) is 0 Å². The number of nitrogens with zero attached hydrogens (tertiary/aromatic N) is 2. The highest BCUT2D eigenvalue weighted by Gasteiger charge is 2.34. The van der Waals surface area contributed by atoms with Crippen molar-refractivity contribution >= 4 is 0 Å². The van der Waals surface area contributed by atoms with E-state index in [2.05, 4.69) is 47.9 Å². The number of hydrogen-bond acceptors (Lipinski definition) is 3. The first-order valence-corrected chi connectivity index (χ1v) is 8.42. The maximum absolute atomic E-state index is 10.5.